The quantitative estimate of drug-likeness (QED) is 0.757. The summed E-state index contributed by atoms with van der Waals surface area (Å²) in [6, 6.07) is 11.8. The molecule has 6 heteroatoms. The number of aromatic nitrogens is 1. The first-order chi connectivity index (χ1) is 12.9. The summed E-state index contributed by atoms with van der Waals surface area (Å²) in [6.45, 7) is 6.53. The number of ether oxygens (including phenoxy) is 2. The van der Waals surface area contributed by atoms with Gasteiger partial charge < -0.3 is 14.4 Å². The largest absolute Gasteiger partial charge is 0.453 e. The minimum atomic E-state index is -0.792. The van der Waals surface area contributed by atoms with E-state index in [-0.39, 0.29) is 30.5 Å². The standard InChI is InChI=1S/C21H26N2O4/c1-14-12-23(13-15(2)26-14)21(25)16(3)27-20(24)11-10-18-9-8-17-6-4-5-7-19(17)22-18/h4-9,14-16H,10-13H2,1-3H3. The van der Waals surface area contributed by atoms with E-state index in [9.17, 15) is 9.59 Å². The van der Waals surface area contributed by atoms with Gasteiger partial charge in [-0.2, -0.15) is 0 Å². The lowest BCUT2D eigenvalue weighted by molar-refractivity contribution is -0.164. The average molecular weight is 370 g/mol. The van der Waals surface area contributed by atoms with Crippen LogP contribution in [0, 0.1) is 0 Å². The van der Waals surface area contributed by atoms with Crippen molar-refractivity contribution in [2.75, 3.05) is 13.1 Å². The molecule has 1 amide bonds. The van der Waals surface area contributed by atoms with Crippen molar-refractivity contribution in [3.05, 3.63) is 42.1 Å². The maximum Gasteiger partial charge on any atom is 0.306 e. The summed E-state index contributed by atoms with van der Waals surface area (Å²) in [5, 5.41) is 1.07. The van der Waals surface area contributed by atoms with Gasteiger partial charge in [0.2, 0.25) is 0 Å². The van der Waals surface area contributed by atoms with E-state index in [0.29, 0.717) is 19.5 Å². The number of hydrogen-bond donors (Lipinski definition) is 0. The Bertz CT molecular complexity index is 813. The third-order valence-electron chi connectivity index (χ3n) is 4.63. The van der Waals surface area contributed by atoms with Crippen molar-refractivity contribution in [1.82, 2.24) is 9.88 Å². The Balaban J connectivity index is 1.51. The summed E-state index contributed by atoms with van der Waals surface area (Å²) in [5.74, 6) is -0.561. The van der Waals surface area contributed by atoms with Gasteiger partial charge in [0.25, 0.3) is 5.91 Å². The van der Waals surface area contributed by atoms with Gasteiger partial charge in [0.05, 0.1) is 24.1 Å². The minimum absolute atomic E-state index is 0.0143. The Morgan fingerprint density at radius 3 is 2.63 bits per heavy atom. The first kappa shape index (κ1) is 19.3. The van der Waals surface area contributed by atoms with E-state index in [4.69, 9.17) is 9.47 Å². The van der Waals surface area contributed by atoms with E-state index in [0.717, 1.165) is 16.6 Å². The van der Waals surface area contributed by atoms with Gasteiger partial charge >= 0.3 is 5.97 Å². The van der Waals surface area contributed by atoms with E-state index < -0.39 is 6.10 Å². The molecule has 3 atom stereocenters. The van der Waals surface area contributed by atoms with Crippen LogP contribution in [0.15, 0.2) is 36.4 Å². The zero-order chi connectivity index (χ0) is 19.4. The van der Waals surface area contributed by atoms with Crippen LogP contribution >= 0.6 is 0 Å². The topological polar surface area (TPSA) is 68.7 Å². The number of para-hydroxylation sites is 1. The molecule has 27 heavy (non-hydrogen) atoms. The first-order valence-electron chi connectivity index (χ1n) is 9.41. The number of carbonyl (C=O) groups excluding carboxylic acids is 2. The number of morpholine rings is 1. The molecule has 0 radical (unpaired) electrons. The third kappa shape index (κ3) is 5.04. The van der Waals surface area contributed by atoms with Crippen molar-refractivity contribution in [3.8, 4) is 0 Å². The monoisotopic (exact) mass is 370 g/mol. The van der Waals surface area contributed by atoms with Crippen molar-refractivity contribution in [1.29, 1.82) is 0 Å². The predicted molar refractivity (Wildman–Crippen MR) is 102 cm³/mol. The summed E-state index contributed by atoms with van der Waals surface area (Å²) in [5.41, 5.74) is 1.74. The normalized spacial score (nSPS) is 21.1. The van der Waals surface area contributed by atoms with Gasteiger partial charge in [0.15, 0.2) is 6.10 Å². The lowest BCUT2D eigenvalue weighted by Crippen LogP contribution is -2.51. The molecule has 3 rings (SSSR count). The number of carbonyl (C=O) groups is 2. The molecule has 0 N–H and O–H groups in total. The molecular formula is C21H26N2O4. The molecular weight excluding hydrogens is 344 g/mol. The SMILES string of the molecule is CC1CN(C(=O)C(C)OC(=O)CCc2ccc3ccccc3n2)CC(C)O1. The molecule has 0 bridgehead atoms. The molecule has 3 unspecified atom stereocenters. The summed E-state index contributed by atoms with van der Waals surface area (Å²) < 4.78 is 11.0. The highest BCUT2D eigenvalue weighted by Gasteiger charge is 2.30. The fourth-order valence-electron chi connectivity index (χ4n) is 3.40. The second kappa shape index (κ2) is 8.48. The summed E-state index contributed by atoms with van der Waals surface area (Å²) >= 11 is 0. The van der Waals surface area contributed by atoms with Gasteiger partial charge in [-0.25, -0.2) is 0 Å². The molecule has 144 valence electrons. The molecule has 1 saturated heterocycles. The van der Waals surface area contributed by atoms with Gasteiger partial charge in [-0.3, -0.25) is 14.6 Å². The lowest BCUT2D eigenvalue weighted by atomic mass is 10.1. The van der Waals surface area contributed by atoms with Crippen molar-refractivity contribution < 1.29 is 19.1 Å². The zero-order valence-electron chi connectivity index (χ0n) is 16.1. The van der Waals surface area contributed by atoms with Crippen LogP contribution in [-0.4, -0.2) is 53.2 Å². The van der Waals surface area contributed by atoms with Crippen LogP contribution in [-0.2, 0) is 25.5 Å². The highest BCUT2D eigenvalue weighted by molar-refractivity contribution is 5.83. The number of pyridine rings is 1. The molecule has 1 aromatic heterocycles. The maximum atomic E-state index is 12.5. The summed E-state index contributed by atoms with van der Waals surface area (Å²) in [4.78, 5) is 31.0. The van der Waals surface area contributed by atoms with Crippen molar-refractivity contribution in [2.24, 2.45) is 0 Å². The van der Waals surface area contributed by atoms with E-state index in [1.165, 1.54) is 0 Å². The molecule has 1 aromatic carbocycles. The molecule has 6 nitrogen and oxygen atoms in total. The van der Waals surface area contributed by atoms with Crippen LogP contribution in [0.1, 0.15) is 32.9 Å². The van der Waals surface area contributed by atoms with Crippen LogP contribution in [0.2, 0.25) is 0 Å². The Morgan fingerprint density at radius 1 is 1.19 bits per heavy atom. The van der Waals surface area contributed by atoms with E-state index >= 15 is 0 Å². The zero-order valence-corrected chi connectivity index (χ0v) is 16.1. The van der Waals surface area contributed by atoms with Crippen molar-refractivity contribution in [3.63, 3.8) is 0 Å². The van der Waals surface area contributed by atoms with Gasteiger partial charge in [-0.15, -0.1) is 0 Å². The van der Waals surface area contributed by atoms with Gasteiger partial charge in [0.1, 0.15) is 0 Å². The first-order valence-corrected chi connectivity index (χ1v) is 9.41. The average Bonchev–Trinajstić information content (AvgIpc) is 2.64. The fraction of sp³-hybridized carbons (Fsp3) is 0.476. The van der Waals surface area contributed by atoms with Crippen molar-refractivity contribution in [2.45, 2.75) is 51.9 Å². The Morgan fingerprint density at radius 2 is 1.89 bits per heavy atom. The highest BCUT2D eigenvalue weighted by atomic mass is 16.5. The van der Waals surface area contributed by atoms with E-state index in [2.05, 4.69) is 4.98 Å². The van der Waals surface area contributed by atoms with Gasteiger partial charge in [-0.05, 0) is 32.9 Å². The van der Waals surface area contributed by atoms with Crippen LogP contribution in [0.5, 0.6) is 0 Å². The summed E-state index contributed by atoms with van der Waals surface area (Å²) in [6.07, 6.45) is -0.145. The number of nitrogens with zero attached hydrogens (tertiary/aromatic N) is 2. The Hall–Kier alpha value is -2.47. The second-order valence-corrected chi connectivity index (χ2v) is 7.13. The fourth-order valence-corrected chi connectivity index (χ4v) is 3.40. The molecule has 1 aliphatic heterocycles. The highest BCUT2D eigenvalue weighted by Crippen LogP contribution is 2.15. The number of fused-ring (bicyclic) bond motifs is 1. The number of hydrogen-bond acceptors (Lipinski definition) is 5. The molecule has 0 aliphatic carbocycles. The number of rotatable bonds is 5. The molecule has 0 saturated carbocycles. The van der Waals surface area contributed by atoms with Crippen LogP contribution in [0.3, 0.4) is 0 Å². The van der Waals surface area contributed by atoms with E-state index in [1.807, 2.05) is 50.2 Å². The molecule has 1 aliphatic rings. The minimum Gasteiger partial charge on any atom is -0.453 e. The smallest absolute Gasteiger partial charge is 0.306 e. The second-order valence-electron chi connectivity index (χ2n) is 7.13. The Kier molecular flexibility index (Phi) is 6.06. The molecule has 0 spiro atoms. The van der Waals surface area contributed by atoms with Crippen LogP contribution in [0.4, 0.5) is 0 Å². The molecule has 2 heterocycles. The molecule has 2 aromatic rings. The van der Waals surface area contributed by atoms with Crippen LogP contribution in [0.25, 0.3) is 10.9 Å². The van der Waals surface area contributed by atoms with Gasteiger partial charge in [-0.1, -0.05) is 24.3 Å². The number of benzene rings is 1. The Labute approximate surface area is 159 Å². The molecule has 1 fully saturated rings. The number of aryl methyl sites for hydroxylation is 1. The van der Waals surface area contributed by atoms with Crippen LogP contribution < -0.4 is 0 Å². The van der Waals surface area contributed by atoms with E-state index in [1.54, 1.807) is 11.8 Å². The lowest BCUT2D eigenvalue weighted by Gasteiger charge is -2.36. The number of esters is 1. The van der Waals surface area contributed by atoms with Gasteiger partial charge in [0, 0.05) is 30.6 Å². The maximum absolute atomic E-state index is 12.5. The third-order valence-corrected chi connectivity index (χ3v) is 4.63. The summed E-state index contributed by atoms with van der Waals surface area (Å²) in [7, 11) is 0. The van der Waals surface area contributed by atoms with Crippen molar-refractivity contribution >= 4 is 22.8 Å². The number of amides is 1. The predicted octanol–water partition coefficient (Wildman–Crippen LogP) is 2.73.